The normalized spacial score (nSPS) is 21.9. The molecule has 0 radical (unpaired) electrons. The molecule has 0 bridgehead atoms. The summed E-state index contributed by atoms with van der Waals surface area (Å²) in [5.74, 6) is -0.155. The molecule has 2 aliphatic rings. The van der Waals surface area contributed by atoms with Crippen LogP contribution in [-0.2, 0) is 22.6 Å². The van der Waals surface area contributed by atoms with Crippen molar-refractivity contribution in [2.75, 3.05) is 59.4 Å². The molecule has 0 saturated carbocycles. The molecule has 2 aliphatic heterocycles. The first-order chi connectivity index (χ1) is 16.1. The van der Waals surface area contributed by atoms with E-state index in [2.05, 4.69) is 46.3 Å². The van der Waals surface area contributed by atoms with Crippen LogP contribution in [0.4, 0.5) is 0 Å². The molecule has 0 aliphatic carbocycles. The van der Waals surface area contributed by atoms with Gasteiger partial charge in [0.25, 0.3) is 5.91 Å². The summed E-state index contributed by atoms with van der Waals surface area (Å²) in [4.78, 5) is 44.9. The van der Waals surface area contributed by atoms with E-state index < -0.39 is 5.54 Å². The highest BCUT2D eigenvalue weighted by Crippen LogP contribution is 2.24. The van der Waals surface area contributed by atoms with Gasteiger partial charge in [-0.05, 0) is 31.9 Å². The molecule has 1 atom stereocenters. The Morgan fingerprint density at radius 1 is 1.12 bits per heavy atom. The van der Waals surface area contributed by atoms with E-state index in [1.165, 1.54) is 4.90 Å². The smallest absolute Gasteiger partial charge is 0.271 e. The zero-order valence-electron chi connectivity index (χ0n) is 21.4. The third-order valence-corrected chi connectivity index (χ3v) is 7.12. The first-order valence-corrected chi connectivity index (χ1v) is 12.5. The number of hydrogen-bond donors (Lipinski definition) is 2. The van der Waals surface area contributed by atoms with Gasteiger partial charge in [0, 0.05) is 58.6 Å². The van der Waals surface area contributed by atoms with E-state index in [1.807, 2.05) is 0 Å². The highest BCUT2D eigenvalue weighted by Gasteiger charge is 2.43. The van der Waals surface area contributed by atoms with Crippen LogP contribution in [0.3, 0.4) is 0 Å². The number of piperazine rings is 1. The SMILES string of the molecule is CCN1CCN(CCNC(=O)c2cc3n(n2)CC(C)(C(=O)NCCC(C)C)N(C)C(=O)C3)CC1. The lowest BCUT2D eigenvalue weighted by Crippen LogP contribution is -2.59. The number of carbonyl (C=O) groups is 3. The van der Waals surface area contributed by atoms with Gasteiger partial charge in [-0.1, -0.05) is 20.8 Å². The zero-order chi connectivity index (χ0) is 24.9. The molecule has 1 saturated heterocycles. The van der Waals surface area contributed by atoms with Crippen LogP contribution in [0.1, 0.15) is 50.3 Å². The molecule has 1 fully saturated rings. The van der Waals surface area contributed by atoms with E-state index in [0.717, 1.165) is 45.7 Å². The van der Waals surface area contributed by atoms with Crippen LogP contribution in [0, 0.1) is 5.92 Å². The molecule has 1 aromatic heterocycles. The largest absolute Gasteiger partial charge is 0.354 e. The molecule has 34 heavy (non-hydrogen) atoms. The summed E-state index contributed by atoms with van der Waals surface area (Å²) >= 11 is 0. The van der Waals surface area contributed by atoms with Crippen molar-refractivity contribution in [2.24, 2.45) is 5.92 Å². The Bertz CT molecular complexity index is 876. The average Bonchev–Trinajstić information content (AvgIpc) is 3.16. The monoisotopic (exact) mass is 475 g/mol. The van der Waals surface area contributed by atoms with Crippen LogP contribution in [0.2, 0.25) is 0 Å². The van der Waals surface area contributed by atoms with Gasteiger partial charge in [0.2, 0.25) is 11.8 Å². The fraction of sp³-hybridized carbons (Fsp3) is 0.750. The quantitative estimate of drug-likeness (QED) is 0.529. The van der Waals surface area contributed by atoms with Crippen molar-refractivity contribution in [3.63, 3.8) is 0 Å². The first kappa shape index (κ1) is 26.2. The number of nitrogens with zero attached hydrogens (tertiary/aromatic N) is 5. The van der Waals surface area contributed by atoms with Gasteiger partial charge >= 0.3 is 0 Å². The van der Waals surface area contributed by atoms with E-state index in [1.54, 1.807) is 24.7 Å². The van der Waals surface area contributed by atoms with Crippen LogP contribution in [-0.4, -0.2) is 107 Å². The Kier molecular flexibility index (Phi) is 8.70. The minimum Gasteiger partial charge on any atom is -0.354 e. The Hall–Kier alpha value is -2.46. The van der Waals surface area contributed by atoms with Crippen molar-refractivity contribution in [1.29, 1.82) is 0 Å². The van der Waals surface area contributed by atoms with Crippen molar-refractivity contribution in [3.05, 3.63) is 17.5 Å². The maximum atomic E-state index is 13.1. The molecule has 190 valence electrons. The summed E-state index contributed by atoms with van der Waals surface area (Å²) < 4.78 is 1.64. The number of aromatic nitrogens is 2. The van der Waals surface area contributed by atoms with E-state index in [0.29, 0.717) is 24.7 Å². The molecule has 0 spiro atoms. The summed E-state index contributed by atoms with van der Waals surface area (Å²) in [6.07, 6.45) is 0.971. The second kappa shape index (κ2) is 11.3. The molecule has 3 amide bonds. The van der Waals surface area contributed by atoms with Crippen LogP contribution < -0.4 is 10.6 Å². The number of amides is 3. The second-order valence-corrected chi connectivity index (χ2v) is 10.1. The van der Waals surface area contributed by atoms with E-state index in [4.69, 9.17) is 0 Å². The molecule has 3 rings (SSSR count). The maximum Gasteiger partial charge on any atom is 0.271 e. The summed E-state index contributed by atoms with van der Waals surface area (Å²) in [5, 5.41) is 10.4. The van der Waals surface area contributed by atoms with Crippen LogP contribution in [0.15, 0.2) is 6.07 Å². The van der Waals surface area contributed by atoms with Crippen molar-refractivity contribution in [1.82, 2.24) is 35.1 Å². The standard InChI is InChI=1S/C24H41N7O3/c1-6-29-11-13-30(14-12-29)10-9-25-22(33)20-15-19-16-21(32)28(5)24(4,17-31(19)27-20)23(34)26-8-7-18(2)3/h15,18H,6-14,16-17H2,1-5H3,(H,25,33)(H,26,34). The lowest BCUT2D eigenvalue weighted by atomic mass is 9.98. The molecular formula is C24H41N7O3. The van der Waals surface area contributed by atoms with Gasteiger partial charge in [0.15, 0.2) is 0 Å². The summed E-state index contributed by atoms with van der Waals surface area (Å²) in [7, 11) is 1.66. The average molecular weight is 476 g/mol. The molecule has 10 nitrogen and oxygen atoms in total. The van der Waals surface area contributed by atoms with Gasteiger partial charge in [-0.3, -0.25) is 24.0 Å². The Morgan fingerprint density at radius 3 is 2.44 bits per heavy atom. The molecule has 1 aromatic rings. The Morgan fingerprint density at radius 2 is 1.79 bits per heavy atom. The van der Waals surface area contributed by atoms with E-state index in [9.17, 15) is 14.4 Å². The van der Waals surface area contributed by atoms with E-state index >= 15 is 0 Å². The molecule has 0 aromatic carbocycles. The van der Waals surface area contributed by atoms with Crippen molar-refractivity contribution < 1.29 is 14.4 Å². The van der Waals surface area contributed by atoms with Crippen molar-refractivity contribution in [3.8, 4) is 0 Å². The van der Waals surface area contributed by atoms with Gasteiger partial charge in [-0.25, -0.2) is 0 Å². The van der Waals surface area contributed by atoms with Gasteiger partial charge in [-0.2, -0.15) is 5.10 Å². The summed E-state index contributed by atoms with van der Waals surface area (Å²) in [5.41, 5.74) is -0.151. The van der Waals surface area contributed by atoms with Crippen LogP contribution in [0.5, 0.6) is 0 Å². The highest BCUT2D eigenvalue weighted by molar-refractivity contribution is 5.94. The van der Waals surface area contributed by atoms with Gasteiger partial charge in [0.1, 0.15) is 11.2 Å². The molecule has 10 heteroatoms. The molecule has 1 unspecified atom stereocenters. The second-order valence-electron chi connectivity index (χ2n) is 10.1. The molecule has 3 heterocycles. The van der Waals surface area contributed by atoms with Crippen molar-refractivity contribution in [2.45, 2.75) is 52.6 Å². The number of nitrogens with one attached hydrogen (secondary N) is 2. The summed E-state index contributed by atoms with van der Waals surface area (Å²) in [6.45, 7) is 15.5. The number of hydrogen-bond acceptors (Lipinski definition) is 6. The lowest BCUT2D eigenvalue weighted by molar-refractivity contribution is -0.144. The minimum absolute atomic E-state index is 0.105. The predicted molar refractivity (Wildman–Crippen MR) is 130 cm³/mol. The van der Waals surface area contributed by atoms with Gasteiger partial charge in [0.05, 0.1) is 13.0 Å². The lowest BCUT2D eigenvalue weighted by Gasteiger charge is -2.35. The topological polar surface area (TPSA) is 103 Å². The number of rotatable bonds is 9. The minimum atomic E-state index is -1.08. The third-order valence-electron chi connectivity index (χ3n) is 7.12. The number of carbonyl (C=O) groups excluding carboxylic acids is 3. The Balaban J connectivity index is 1.61. The molecule has 2 N–H and O–H groups in total. The maximum absolute atomic E-state index is 13.1. The highest BCUT2D eigenvalue weighted by atomic mass is 16.2. The van der Waals surface area contributed by atoms with Crippen molar-refractivity contribution >= 4 is 17.7 Å². The fourth-order valence-electron chi connectivity index (χ4n) is 4.43. The zero-order valence-corrected chi connectivity index (χ0v) is 21.4. The number of likely N-dealkylation sites (N-methyl/N-ethyl adjacent to an activating group) is 2. The third kappa shape index (κ3) is 6.15. The van der Waals surface area contributed by atoms with Gasteiger partial charge < -0.3 is 20.4 Å². The van der Waals surface area contributed by atoms with Gasteiger partial charge in [-0.15, -0.1) is 0 Å². The van der Waals surface area contributed by atoms with E-state index in [-0.39, 0.29) is 36.4 Å². The Labute approximate surface area is 203 Å². The summed E-state index contributed by atoms with van der Waals surface area (Å²) in [6, 6.07) is 1.67. The predicted octanol–water partition coefficient (Wildman–Crippen LogP) is 0.186. The van der Waals surface area contributed by atoms with Crippen LogP contribution >= 0.6 is 0 Å². The molecular weight excluding hydrogens is 434 g/mol. The van der Waals surface area contributed by atoms with Crippen LogP contribution in [0.25, 0.3) is 0 Å². The first-order valence-electron chi connectivity index (χ1n) is 12.5. The number of fused-ring (bicyclic) bond motifs is 1. The fourth-order valence-corrected chi connectivity index (χ4v) is 4.43.